The van der Waals surface area contributed by atoms with E-state index < -0.39 is 5.97 Å². The number of carbonyl (C=O) groups excluding carboxylic acids is 2. The van der Waals surface area contributed by atoms with Crippen molar-refractivity contribution in [2.75, 3.05) is 13.7 Å². The van der Waals surface area contributed by atoms with Crippen molar-refractivity contribution in [2.24, 2.45) is 0 Å². The van der Waals surface area contributed by atoms with Gasteiger partial charge < -0.3 is 9.47 Å². The summed E-state index contributed by atoms with van der Waals surface area (Å²) in [5.41, 5.74) is 4.87. The number of nitrogens with zero attached hydrogens (tertiary/aromatic N) is 1. The van der Waals surface area contributed by atoms with Gasteiger partial charge in [-0.1, -0.05) is 60.7 Å². The molecule has 3 aromatic carbocycles. The maximum absolute atomic E-state index is 13.4. The van der Waals surface area contributed by atoms with E-state index in [0.717, 1.165) is 35.0 Å². The second kappa shape index (κ2) is 9.48. The van der Waals surface area contributed by atoms with Crippen molar-refractivity contribution < 1.29 is 19.1 Å². The average molecular weight is 452 g/mol. The first-order valence-electron chi connectivity index (χ1n) is 11.4. The Balaban J connectivity index is 1.46. The number of hydrogen-bond acceptors (Lipinski definition) is 5. The number of fused-ring (bicyclic) bond motifs is 2. The number of hydrogen-bond donors (Lipinski definition) is 0. The summed E-state index contributed by atoms with van der Waals surface area (Å²) in [6.45, 7) is -0.334. The van der Waals surface area contributed by atoms with Crippen molar-refractivity contribution >= 4 is 22.7 Å². The van der Waals surface area contributed by atoms with E-state index in [9.17, 15) is 9.59 Å². The highest BCUT2D eigenvalue weighted by atomic mass is 16.5. The van der Waals surface area contributed by atoms with Crippen LogP contribution in [0.1, 0.15) is 49.9 Å². The van der Waals surface area contributed by atoms with E-state index in [2.05, 4.69) is 12.1 Å². The zero-order valence-corrected chi connectivity index (χ0v) is 19.0. The molecular formula is C29H25NO4. The molecule has 0 unspecified atom stereocenters. The van der Waals surface area contributed by atoms with Crippen molar-refractivity contribution in [1.82, 2.24) is 4.98 Å². The van der Waals surface area contributed by atoms with Gasteiger partial charge in [0.15, 0.2) is 12.4 Å². The molecule has 5 heteroatoms. The Morgan fingerprint density at radius 3 is 2.59 bits per heavy atom. The third-order valence-corrected chi connectivity index (χ3v) is 6.46. The number of carbonyl (C=O) groups is 2. The number of methoxy groups -OCH3 is 1. The zero-order chi connectivity index (χ0) is 23.5. The second-order valence-corrected chi connectivity index (χ2v) is 8.51. The number of rotatable bonds is 6. The highest BCUT2D eigenvalue weighted by molar-refractivity contribution is 6.06. The molecule has 0 bridgehead atoms. The minimum atomic E-state index is -0.486. The molecule has 5 nitrogen and oxygen atoms in total. The molecule has 1 atom stereocenters. The van der Waals surface area contributed by atoms with E-state index in [1.54, 1.807) is 31.4 Å². The Bertz CT molecular complexity index is 1360. The summed E-state index contributed by atoms with van der Waals surface area (Å²) in [6, 6.07) is 24.8. The molecule has 0 radical (unpaired) electrons. The van der Waals surface area contributed by atoms with Gasteiger partial charge in [-0.3, -0.25) is 9.78 Å². The Hall–Kier alpha value is -3.99. The molecule has 0 N–H and O–H groups in total. The van der Waals surface area contributed by atoms with E-state index in [0.29, 0.717) is 29.2 Å². The molecule has 0 amide bonds. The fourth-order valence-corrected chi connectivity index (χ4v) is 4.71. The number of Topliss-reactive ketones (excluding diaryl/α,β-unsaturated/α-hetero) is 1. The minimum Gasteiger partial charge on any atom is -0.497 e. The first-order chi connectivity index (χ1) is 16.6. The minimum absolute atomic E-state index is 0.276. The van der Waals surface area contributed by atoms with Crippen LogP contribution in [0.4, 0.5) is 0 Å². The van der Waals surface area contributed by atoms with Gasteiger partial charge in [-0.05, 0) is 54.5 Å². The smallest absolute Gasteiger partial charge is 0.339 e. The Kier molecular flexibility index (Phi) is 6.09. The number of para-hydroxylation sites is 1. The second-order valence-electron chi connectivity index (χ2n) is 8.51. The summed E-state index contributed by atoms with van der Waals surface area (Å²) in [7, 11) is 1.55. The van der Waals surface area contributed by atoms with Crippen LogP contribution in [-0.4, -0.2) is 30.5 Å². The molecule has 1 aromatic heterocycles. The number of benzene rings is 3. The zero-order valence-electron chi connectivity index (χ0n) is 19.0. The number of ketones is 1. The van der Waals surface area contributed by atoms with E-state index in [-0.39, 0.29) is 12.4 Å². The fraction of sp³-hybridized carbons (Fsp3) is 0.207. The van der Waals surface area contributed by atoms with Crippen LogP contribution >= 0.6 is 0 Å². The first kappa shape index (κ1) is 21.8. The van der Waals surface area contributed by atoms with E-state index in [4.69, 9.17) is 14.5 Å². The molecule has 170 valence electrons. The first-order valence-corrected chi connectivity index (χ1v) is 11.4. The molecule has 0 saturated carbocycles. The van der Waals surface area contributed by atoms with Crippen molar-refractivity contribution in [3.63, 3.8) is 0 Å². The summed E-state index contributed by atoms with van der Waals surface area (Å²) >= 11 is 0. The third-order valence-electron chi connectivity index (χ3n) is 6.46. The van der Waals surface area contributed by atoms with Gasteiger partial charge in [0.1, 0.15) is 5.75 Å². The predicted octanol–water partition coefficient (Wildman–Crippen LogP) is 5.56. The molecule has 0 fully saturated rings. The lowest BCUT2D eigenvalue weighted by Crippen LogP contribution is -2.21. The van der Waals surface area contributed by atoms with E-state index >= 15 is 0 Å². The van der Waals surface area contributed by atoms with Gasteiger partial charge in [0.25, 0.3) is 0 Å². The quantitative estimate of drug-likeness (QED) is 0.284. The van der Waals surface area contributed by atoms with Crippen LogP contribution in [-0.2, 0) is 17.6 Å². The highest BCUT2D eigenvalue weighted by Crippen LogP contribution is 2.36. The van der Waals surface area contributed by atoms with Gasteiger partial charge in [-0.2, -0.15) is 0 Å². The number of esters is 1. The molecular weight excluding hydrogens is 426 g/mol. The lowest BCUT2D eigenvalue weighted by molar-refractivity contribution is 0.0475. The molecule has 0 spiro atoms. The van der Waals surface area contributed by atoms with Crippen LogP contribution in [0, 0.1) is 0 Å². The Morgan fingerprint density at radius 2 is 1.76 bits per heavy atom. The maximum atomic E-state index is 13.4. The van der Waals surface area contributed by atoms with E-state index in [1.165, 1.54) is 5.56 Å². The van der Waals surface area contributed by atoms with Gasteiger partial charge in [0.05, 0.1) is 18.2 Å². The van der Waals surface area contributed by atoms with Crippen molar-refractivity contribution in [2.45, 2.75) is 25.2 Å². The lowest BCUT2D eigenvalue weighted by atomic mass is 9.80. The summed E-state index contributed by atoms with van der Waals surface area (Å²) in [6.07, 6.45) is 2.49. The molecule has 0 saturated heterocycles. The average Bonchev–Trinajstić information content (AvgIpc) is 2.90. The Morgan fingerprint density at radius 1 is 0.971 bits per heavy atom. The molecule has 34 heavy (non-hydrogen) atoms. The summed E-state index contributed by atoms with van der Waals surface area (Å²) < 4.78 is 10.8. The lowest BCUT2D eigenvalue weighted by Gasteiger charge is -2.26. The summed E-state index contributed by atoms with van der Waals surface area (Å²) in [5, 5.41) is 0.758. The van der Waals surface area contributed by atoms with Crippen molar-refractivity contribution in [3.05, 3.63) is 107 Å². The number of aryl methyl sites for hydroxylation is 1. The van der Waals surface area contributed by atoms with Gasteiger partial charge in [-0.25, -0.2) is 4.79 Å². The standard InChI is InChI=1S/C29H25NO4/c1-33-22-11-7-10-21(16-22)27(31)18-34-29(32)28-23-12-5-6-13-25(23)30-26-15-14-20(17-24(26)28)19-8-3-2-4-9-19/h2-13,16,20H,14-15,17-18H2,1H3/t20-/m0/s1. The summed E-state index contributed by atoms with van der Waals surface area (Å²) in [4.78, 5) is 31.0. The third kappa shape index (κ3) is 4.29. The molecule has 1 aliphatic rings. The number of pyridine rings is 1. The van der Waals surface area contributed by atoms with Crippen molar-refractivity contribution in [3.8, 4) is 5.75 Å². The van der Waals surface area contributed by atoms with Gasteiger partial charge >= 0.3 is 5.97 Å². The maximum Gasteiger partial charge on any atom is 0.339 e. The van der Waals surface area contributed by atoms with Gasteiger partial charge in [0, 0.05) is 16.6 Å². The predicted molar refractivity (Wildman–Crippen MR) is 131 cm³/mol. The van der Waals surface area contributed by atoms with Gasteiger partial charge in [0.2, 0.25) is 0 Å². The monoisotopic (exact) mass is 451 g/mol. The highest BCUT2D eigenvalue weighted by Gasteiger charge is 2.28. The van der Waals surface area contributed by atoms with Crippen LogP contribution < -0.4 is 4.74 Å². The molecule has 5 rings (SSSR count). The number of aromatic nitrogens is 1. The van der Waals surface area contributed by atoms with E-state index in [1.807, 2.05) is 42.5 Å². The molecule has 0 aliphatic heterocycles. The van der Waals surface area contributed by atoms with Crippen LogP contribution in [0.25, 0.3) is 10.9 Å². The fourth-order valence-electron chi connectivity index (χ4n) is 4.71. The normalized spacial score (nSPS) is 14.9. The molecule has 1 heterocycles. The largest absolute Gasteiger partial charge is 0.497 e. The topological polar surface area (TPSA) is 65.5 Å². The number of ether oxygens (including phenoxy) is 2. The molecule has 1 aliphatic carbocycles. The van der Waals surface area contributed by atoms with Gasteiger partial charge in [-0.15, -0.1) is 0 Å². The SMILES string of the molecule is COc1cccc(C(=O)COC(=O)c2c3c(nc4ccccc24)CC[C@H](c2ccccc2)C3)c1. The van der Waals surface area contributed by atoms with Crippen LogP contribution in [0.2, 0.25) is 0 Å². The summed E-state index contributed by atoms with van der Waals surface area (Å²) in [5.74, 6) is 0.126. The van der Waals surface area contributed by atoms with Crippen LogP contribution in [0.3, 0.4) is 0 Å². The molecule has 4 aromatic rings. The Labute approximate surface area is 198 Å². The van der Waals surface area contributed by atoms with Crippen LogP contribution in [0.5, 0.6) is 5.75 Å². The van der Waals surface area contributed by atoms with Crippen molar-refractivity contribution in [1.29, 1.82) is 0 Å². The van der Waals surface area contributed by atoms with Crippen LogP contribution in [0.15, 0.2) is 78.9 Å².